The lowest BCUT2D eigenvalue weighted by Gasteiger charge is -2.08. The second-order valence-electron chi connectivity index (χ2n) is 5.00. The van der Waals surface area contributed by atoms with Gasteiger partial charge in [-0.25, -0.2) is 0 Å². The molecule has 0 spiro atoms. The minimum Gasteiger partial charge on any atom is -0.486 e. The first-order valence-corrected chi connectivity index (χ1v) is 6.55. The Morgan fingerprint density at radius 1 is 1.37 bits per heavy atom. The molecule has 0 aliphatic carbocycles. The van der Waals surface area contributed by atoms with Crippen LogP contribution in [0.1, 0.15) is 36.6 Å². The van der Waals surface area contributed by atoms with Crippen molar-refractivity contribution in [2.75, 3.05) is 0 Å². The van der Waals surface area contributed by atoms with Crippen molar-refractivity contribution in [1.82, 2.24) is 9.78 Å². The maximum atomic E-state index is 5.76. The minimum atomic E-state index is 0.350. The molecular weight excluding hydrogens is 238 g/mol. The number of hydrogen-bond donors (Lipinski definition) is 1. The molecule has 0 aliphatic heterocycles. The first kappa shape index (κ1) is 13.6. The standard InChI is InChI=1S/C15H21N3O/c1-11(2)18-9-15(8-17-18)19-10-14-5-4-13(7-16)6-12(14)3/h4-6,8-9,11H,7,10,16H2,1-3H3. The van der Waals surface area contributed by atoms with Crippen LogP contribution in [0.4, 0.5) is 0 Å². The number of ether oxygens (including phenoxy) is 1. The Labute approximate surface area is 114 Å². The zero-order valence-electron chi connectivity index (χ0n) is 11.8. The Morgan fingerprint density at radius 2 is 2.16 bits per heavy atom. The third-order valence-electron chi connectivity index (χ3n) is 3.14. The van der Waals surface area contributed by atoms with Gasteiger partial charge in [-0.1, -0.05) is 18.2 Å². The van der Waals surface area contributed by atoms with Gasteiger partial charge in [0.1, 0.15) is 6.61 Å². The van der Waals surface area contributed by atoms with Gasteiger partial charge < -0.3 is 10.5 Å². The number of hydrogen-bond acceptors (Lipinski definition) is 3. The summed E-state index contributed by atoms with van der Waals surface area (Å²) in [5.41, 5.74) is 9.15. The van der Waals surface area contributed by atoms with E-state index in [1.807, 2.05) is 16.9 Å². The van der Waals surface area contributed by atoms with E-state index in [0.29, 0.717) is 19.2 Å². The van der Waals surface area contributed by atoms with Crippen LogP contribution in [-0.2, 0) is 13.2 Å². The van der Waals surface area contributed by atoms with Gasteiger partial charge in [0.05, 0.1) is 12.4 Å². The Balaban J connectivity index is 2.01. The van der Waals surface area contributed by atoms with E-state index < -0.39 is 0 Å². The summed E-state index contributed by atoms with van der Waals surface area (Å²) in [4.78, 5) is 0. The highest BCUT2D eigenvalue weighted by atomic mass is 16.5. The summed E-state index contributed by atoms with van der Waals surface area (Å²) in [5.74, 6) is 0.802. The molecular formula is C15H21N3O. The van der Waals surface area contributed by atoms with Crippen molar-refractivity contribution in [1.29, 1.82) is 0 Å². The monoisotopic (exact) mass is 259 g/mol. The van der Waals surface area contributed by atoms with E-state index in [0.717, 1.165) is 11.3 Å². The van der Waals surface area contributed by atoms with Crippen LogP contribution in [0.25, 0.3) is 0 Å². The van der Waals surface area contributed by atoms with Crippen molar-refractivity contribution in [2.24, 2.45) is 5.73 Å². The molecule has 0 fully saturated rings. The lowest BCUT2D eigenvalue weighted by Crippen LogP contribution is -2.01. The van der Waals surface area contributed by atoms with Gasteiger partial charge in [-0.05, 0) is 37.5 Å². The highest BCUT2D eigenvalue weighted by molar-refractivity contribution is 5.31. The Kier molecular flexibility index (Phi) is 4.22. The molecule has 1 aromatic heterocycles. The largest absolute Gasteiger partial charge is 0.486 e. The van der Waals surface area contributed by atoms with Crippen molar-refractivity contribution in [3.05, 3.63) is 47.3 Å². The molecule has 0 unspecified atom stereocenters. The van der Waals surface area contributed by atoms with Gasteiger partial charge in [0, 0.05) is 12.6 Å². The Morgan fingerprint density at radius 3 is 2.74 bits per heavy atom. The van der Waals surface area contributed by atoms with E-state index in [-0.39, 0.29) is 0 Å². The van der Waals surface area contributed by atoms with Gasteiger partial charge in [0.2, 0.25) is 0 Å². The summed E-state index contributed by atoms with van der Waals surface area (Å²) < 4.78 is 7.65. The van der Waals surface area contributed by atoms with Gasteiger partial charge in [-0.15, -0.1) is 0 Å². The van der Waals surface area contributed by atoms with E-state index in [9.17, 15) is 0 Å². The maximum Gasteiger partial charge on any atom is 0.157 e. The lowest BCUT2D eigenvalue weighted by molar-refractivity contribution is 0.304. The second-order valence-corrected chi connectivity index (χ2v) is 5.00. The average Bonchev–Trinajstić information content (AvgIpc) is 2.86. The molecule has 102 valence electrons. The second kappa shape index (κ2) is 5.89. The van der Waals surface area contributed by atoms with Gasteiger partial charge in [0.25, 0.3) is 0 Å². The van der Waals surface area contributed by atoms with Crippen LogP contribution in [0.3, 0.4) is 0 Å². The molecule has 2 rings (SSSR count). The third kappa shape index (κ3) is 3.35. The predicted octanol–water partition coefficient (Wildman–Crippen LogP) is 2.81. The molecule has 0 amide bonds. The summed E-state index contributed by atoms with van der Waals surface area (Å²) in [6.07, 6.45) is 3.68. The third-order valence-corrected chi connectivity index (χ3v) is 3.14. The van der Waals surface area contributed by atoms with E-state index in [1.54, 1.807) is 6.20 Å². The van der Waals surface area contributed by atoms with E-state index in [2.05, 4.69) is 38.0 Å². The first-order chi connectivity index (χ1) is 9.10. The fourth-order valence-electron chi connectivity index (χ4n) is 1.89. The van der Waals surface area contributed by atoms with Crippen molar-refractivity contribution in [3.63, 3.8) is 0 Å². The molecule has 0 bridgehead atoms. The van der Waals surface area contributed by atoms with Crippen LogP contribution in [0.2, 0.25) is 0 Å². The fraction of sp³-hybridized carbons (Fsp3) is 0.400. The topological polar surface area (TPSA) is 53.1 Å². The van der Waals surface area contributed by atoms with E-state index in [4.69, 9.17) is 10.5 Å². The number of aryl methyl sites for hydroxylation is 1. The summed E-state index contributed by atoms with van der Waals surface area (Å²) in [6, 6.07) is 6.58. The molecule has 0 radical (unpaired) electrons. The van der Waals surface area contributed by atoms with Crippen molar-refractivity contribution < 1.29 is 4.74 Å². The summed E-state index contributed by atoms with van der Waals surface area (Å²) in [5, 5.41) is 4.25. The summed E-state index contributed by atoms with van der Waals surface area (Å²) in [7, 11) is 0. The van der Waals surface area contributed by atoms with Crippen molar-refractivity contribution >= 4 is 0 Å². The molecule has 1 aromatic carbocycles. The maximum absolute atomic E-state index is 5.76. The Hall–Kier alpha value is -1.81. The zero-order valence-corrected chi connectivity index (χ0v) is 11.8. The molecule has 4 nitrogen and oxygen atoms in total. The van der Waals surface area contributed by atoms with Crippen LogP contribution < -0.4 is 10.5 Å². The molecule has 2 aromatic rings. The number of rotatable bonds is 5. The molecule has 4 heteroatoms. The number of aromatic nitrogens is 2. The molecule has 0 saturated carbocycles. The number of nitrogens with zero attached hydrogens (tertiary/aromatic N) is 2. The van der Waals surface area contributed by atoms with Crippen LogP contribution in [0.5, 0.6) is 5.75 Å². The van der Waals surface area contributed by atoms with E-state index >= 15 is 0 Å². The summed E-state index contributed by atoms with van der Waals surface area (Å²) in [6.45, 7) is 7.39. The van der Waals surface area contributed by atoms with Gasteiger partial charge >= 0.3 is 0 Å². The van der Waals surface area contributed by atoms with Crippen molar-refractivity contribution in [2.45, 2.75) is 40.0 Å². The minimum absolute atomic E-state index is 0.350. The predicted molar refractivity (Wildman–Crippen MR) is 76.0 cm³/mol. The SMILES string of the molecule is Cc1cc(CN)ccc1COc1cnn(C(C)C)c1. The summed E-state index contributed by atoms with van der Waals surface area (Å²) >= 11 is 0. The normalized spacial score (nSPS) is 11.0. The Bertz CT molecular complexity index is 546. The zero-order chi connectivity index (χ0) is 13.8. The van der Waals surface area contributed by atoms with Crippen LogP contribution in [-0.4, -0.2) is 9.78 Å². The highest BCUT2D eigenvalue weighted by Crippen LogP contribution is 2.16. The van der Waals surface area contributed by atoms with Gasteiger partial charge in [0.15, 0.2) is 5.75 Å². The highest BCUT2D eigenvalue weighted by Gasteiger charge is 2.04. The first-order valence-electron chi connectivity index (χ1n) is 6.55. The number of nitrogens with two attached hydrogens (primary N) is 1. The van der Waals surface area contributed by atoms with Gasteiger partial charge in [-0.2, -0.15) is 5.10 Å². The molecule has 1 heterocycles. The quantitative estimate of drug-likeness (QED) is 0.898. The van der Waals surface area contributed by atoms with E-state index in [1.165, 1.54) is 11.1 Å². The van der Waals surface area contributed by atoms with Crippen LogP contribution in [0, 0.1) is 6.92 Å². The number of benzene rings is 1. The fourth-order valence-corrected chi connectivity index (χ4v) is 1.89. The smallest absolute Gasteiger partial charge is 0.157 e. The van der Waals surface area contributed by atoms with Crippen molar-refractivity contribution in [3.8, 4) is 5.75 Å². The molecule has 2 N–H and O–H groups in total. The van der Waals surface area contributed by atoms with Crippen LogP contribution >= 0.6 is 0 Å². The lowest BCUT2D eigenvalue weighted by atomic mass is 10.1. The van der Waals surface area contributed by atoms with Gasteiger partial charge in [-0.3, -0.25) is 4.68 Å². The van der Waals surface area contributed by atoms with Crippen LogP contribution in [0.15, 0.2) is 30.6 Å². The molecule has 19 heavy (non-hydrogen) atoms. The molecule has 0 saturated heterocycles. The molecule has 0 aliphatic rings. The average molecular weight is 259 g/mol. The molecule has 0 atom stereocenters.